The second-order valence-electron chi connectivity index (χ2n) is 3.17. The molecule has 1 N–H and O–H groups in total. The van der Waals surface area contributed by atoms with E-state index in [1.165, 1.54) is 0 Å². The second kappa shape index (κ2) is 5.10. The van der Waals surface area contributed by atoms with Crippen molar-refractivity contribution in [1.29, 1.82) is 0 Å². The number of benzene rings is 1. The molecule has 0 amide bonds. The summed E-state index contributed by atoms with van der Waals surface area (Å²) in [5.74, 6) is 0. The van der Waals surface area contributed by atoms with E-state index in [9.17, 15) is 5.11 Å². The Morgan fingerprint density at radius 1 is 1.50 bits per heavy atom. The molecule has 0 aliphatic rings. The van der Waals surface area contributed by atoms with Crippen LogP contribution < -0.4 is 0 Å². The zero-order valence-electron chi connectivity index (χ0n) is 7.71. The Labute approximate surface area is 101 Å². The first-order chi connectivity index (χ1) is 6.62. The lowest BCUT2D eigenvalue weighted by Gasteiger charge is -2.25. The predicted molar refractivity (Wildman–Crippen MR) is 66.6 cm³/mol. The SMILES string of the molecule is C=CCC(O)(CBr)c1cccc(Br)c1. The molecule has 1 aromatic carbocycles. The highest BCUT2D eigenvalue weighted by Crippen LogP contribution is 2.29. The normalized spacial score (nSPS) is 14.8. The van der Waals surface area contributed by atoms with Gasteiger partial charge in [0.05, 0.1) is 0 Å². The number of aliphatic hydroxyl groups is 1. The van der Waals surface area contributed by atoms with Crippen molar-refractivity contribution in [1.82, 2.24) is 0 Å². The zero-order valence-corrected chi connectivity index (χ0v) is 10.9. The van der Waals surface area contributed by atoms with Gasteiger partial charge in [-0.2, -0.15) is 0 Å². The smallest absolute Gasteiger partial charge is 0.103 e. The molecule has 1 rings (SSSR count). The molecule has 3 heteroatoms. The van der Waals surface area contributed by atoms with Crippen LogP contribution in [0.2, 0.25) is 0 Å². The molecule has 1 aromatic rings. The fourth-order valence-electron chi connectivity index (χ4n) is 1.27. The van der Waals surface area contributed by atoms with Gasteiger partial charge in [0.2, 0.25) is 0 Å². The molecule has 0 saturated carbocycles. The fraction of sp³-hybridized carbons (Fsp3) is 0.273. The summed E-state index contributed by atoms with van der Waals surface area (Å²) in [6.45, 7) is 3.65. The largest absolute Gasteiger partial charge is 0.384 e. The van der Waals surface area contributed by atoms with Crippen molar-refractivity contribution >= 4 is 31.9 Å². The third kappa shape index (κ3) is 2.69. The molecule has 0 spiro atoms. The topological polar surface area (TPSA) is 20.2 Å². The van der Waals surface area contributed by atoms with Gasteiger partial charge in [-0.1, -0.05) is 50.1 Å². The molecule has 1 unspecified atom stereocenters. The van der Waals surface area contributed by atoms with Gasteiger partial charge in [-0.25, -0.2) is 0 Å². The first-order valence-electron chi connectivity index (χ1n) is 4.27. The van der Waals surface area contributed by atoms with E-state index in [1.54, 1.807) is 6.08 Å². The first kappa shape index (κ1) is 12.0. The minimum atomic E-state index is -0.856. The van der Waals surface area contributed by atoms with Crippen LogP contribution in [0, 0.1) is 0 Å². The van der Waals surface area contributed by atoms with Crippen LogP contribution in [0.5, 0.6) is 0 Å². The summed E-state index contributed by atoms with van der Waals surface area (Å²) in [5.41, 5.74) is 0.0366. The molecule has 0 aliphatic heterocycles. The van der Waals surface area contributed by atoms with Crippen LogP contribution in [0.15, 0.2) is 41.4 Å². The van der Waals surface area contributed by atoms with Crippen molar-refractivity contribution in [3.8, 4) is 0 Å². The second-order valence-corrected chi connectivity index (χ2v) is 4.64. The van der Waals surface area contributed by atoms with Crippen LogP contribution in [-0.4, -0.2) is 10.4 Å². The van der Waals surface area contributed by atoms with E-state index >= 15 is 0 Å². The van der Waals surface area contributed by atoms with E-state index in [0.29, 0.717) is 11.8 Å². The summed E-state index contributed by atoms with van der Waals surface area (Å²) >= 11 is 6.70. The Balaban J connectivity index is 3.05. The predicted octanol–water partition coefficient (Wildman–Crippen LogP) is 3.61. The number of hydrogen-bond donors (Lipinski definition) is 1. The number of hydrogen-bond acceptors (Lipinski definition) is 1. The Kier molecular flexibility index (Phi) is 4.35. The van der Waals surface area contributed by atoms with Crippen LogP contribution >= 0.6 is 31.9 Å². The molecular formula is C11H12Br2O. The van der Waals surface area contributed by atoms with E-state index in [1.807, 2.05) is 24.3 Å². The maximum absolute atomic E-state index is 10.3. The molecule has 0 aromatic heterocycles. The third-order valence-corrected chi connectivity index (χ3v) is 3.49. The molecule has 0 fully saturated rings. The Bertz CT molecular complexity index is 325. The molecule has 1 atom stereocenters. The summed E-state index contributed by atoms with van der Waals surface area (Å²) in [7, 11) is 0. The summed E-state index contributed by atoms with van der Waals surface area (Å²) in [4.78, 5) is 0. The average molecular weight is 320 g/mol. The van der Waals surface area contributed by atoms with Crippen LogP contribution in [-0.2, 0) is 5.60 Å². The Hall–Kier alpha value is -0.120. The molecule has 0 aliphatic carbocycles. The maximum atomic E-state index is 10.3. The van der Waals surface area contributed by atoms with Gasteiger partial charge in [0.15, 0.2) is 0 Å². The van der Waals surface area contributed by atoms with Crippen molar-refractivity contribution in [3.63, 3.8) is 0 Å². The minimum Gasteiger partial charge on any atom is -0.384 e. The molecule has 76 valence electrons. The van der Waals surface area contributed by atoms with Gasteiger partial charge >= 0.3 is 0 Å². The van der Waals surface area contributed by atoms with Crippen LogP contribution in [0.25, 0.3) is 0 Å². The standard InChI is InChI=1S/C11H12Br2O/c1-2-6-11(14,8-12)9-4-3-5-10(13)7-9/h2-5,7,14H,1,6,8H2. The van der Waals surface area contributed by atoms with Crippen molar-refractivity contribution in [2.75, 3.05) is 5.33 Å². The highest BCUT2D eigenvalue weighted by Gasteiger charge is 2.26. The summed E-state index contributed by atoms with van der Waals surface area (Å²) < 4.78 is 0.971. The number of alkyl halides is 1. The molecule has 14 heavy (non-hydrogen) atoms. The van der Waals surface area contributed by atoms with E-state index in [4.69, 9.17) is 0 Å². The lowest BCUT2D eigenvalue weighted by Crippen LogP contribution is -2.26. The van der Waals surface area contributed by atoms with Gasteiger partial charge in [-0.05, 0) is 24.1 Å². The molecule has 0 radical (unpaired) electrons. The van der Waals surface area contributed by atoms with Crippen molar-refractivity contribution < 1.29 is 5.11 Å². The third-order valence-electron chi connectivity index (χ3n) is 2.07. The minimum absolute atomic E-state index is 0.502. The van der Waals surface area contributed by atoms with Crippen molar-refractivity contribution in [2.45, 2.75) is 12.0 Å². The molecular weight excluding hydrogens is 308 g/mol. The van der Waals surface area contributed by atoms with Gasteiger partial charge in [-0.3, -0.25) is 0 Å². The van der Waals surface area contributed by atoms with Gasteiger partial charge in [0, 0.05) is 9.80 Å². The van der Waals surface area contributed by atoms with Gasteiger partial charge in [0.25, 0.3) is 0 Å². The van der Waals surface area contributed by atoms with Gasteiger partial charge < -0.3 is 5.11 Å². The molecule has 0 bridgehead atoms. The van der Waals surface area contributed by atoms with Crippen LogP contribution in [0.3, 0.4) is 0 Å². The van der Waals surface area contributed by atoms with Gasteiger partial charge in [0.1, 0.15) is 5.60 Å². The number of rotatable bonds is 4. The fourth-order valence-corrected chi connectivity index (χ4v) is 2.22. The van der Waals surface area contributed by atoms with Crippen molar-refractivity contribution in [2.24, 2.45) is 0 Å². The quantitative estimate of drug-likeness (QED) is 0.664. The lowest BCUT2D eigenvalue weighted by atomic mass is 9.93. The molecule has 0 saturated heterocycles. The summed E-state index contributed by atoms with van der Waals surface area (Å²) in [6.07, 6.45) is 2.26. The zero-order chi connectivity index (χ0) is 10.6. The van der Waals surface area contributed by atoms with E-state index in [2.05, 4.69) is 38.4 Å². The summed E-state index contributed by atoms with van der Waals surface area (Å²) in [6, 6.07) is 7.68. The Morgan fingerprint density at radius 3 is 2.71 bits per heavy atom. The molecule has 1 nitrogen and oxygen atoms in total. The highest BCUT2D eigenvalue weighted by molar-refractivity contribution is 9.10. The van der Waals surface area contributed by atoms with Crippen LogP contribution in [0.1, 0.15) is 12.0 Å². The maximum Gasteiger partial charge on any atom is 0.103 e. The average Bonchev–Trinajstić information content (AvgIpc) is 2.18. The molecule has 0 heterocycles. The highest BCUT2D eigenvalue weighted by atomic mass is 79.9. The van der Waals surface area contributed by atoms with E-state index in [0.717, 1.165) is 10.0 Å². The first-order valence-corrected chi connectivity index (χ1v) is 6.19. The van der Waals surface area contributed by atoms with Crippen LogP contribution in [0.4, 0.5) is 0 Å². The van der Waals surface area contributed by atoms with E-state index < -0.39 is 5.60 Å². The van der Waals surface area contributed by atoms with E-state index in [-0.39, 0.29) is 0 Å². The number of halogens is 2. The van der Waals surface area contributed by atoms with Crippen molar-refractivity contribution in [3.05, 3.63) is 47.0 Å². The van der Waals surface area contributed by atoms with Gasteiger partial charge in [-0.15, -0.1) is 6.58 Å². The lowest BCUT2D eigenvalue weighted by molar-refractivity contribution is 0.0672. The Morgan fingerprint density at radius 2 is 2.21 bits per heavy atom. The monoisotopic (exact) mass is 318 g/mol. The summed E-state index contributed by atoms with van der Waals surface area (Å²) in [5, 5.41) is 10.8.